The minimum absolute atomic E-state index is 0.123. The molecule has 2 rings (SSSR count). The van der Waals surface area contributed by atoms with Crippen LogP contribution in [-0.4, -0.2) is 23.3 Å². The molecule has 1 amide bonds. The van der Waals surface area contributed by atoms with Crippen LogP contribution in [-0.2, 0) is 4.79 Å². The van der Waals surface area contributed by atoms with Crippen molar-refractivity contribution in [3.63, 3.8) is 0 Å². The molecule has 1 unspecified atom stereocenters. The summed E-state index contributed by atoms with van der Waals surface area (Å²) >= 11 is 2.93. The number of amides is 1. The summed E-state index contributed by atoms with van der Waals surface area (Å²) in [6.45, 7) is 0. The Morgan fingerprint density at radius 1 is 1.45 bits per heavy atom. The standard InChI is InChI=1S/C11H8BrF3N2O3/c12-5-3-6(13)10(17(19)20)8(4-5)16-7(11(14)15)1-2-9(16)18/h3-4,7,11H,1-2H2. The number of alkyl halides is 2. The molecule has 0 aromatic heterocycles. The molecule has 0 spiro atoms. The Bertz CT molecular complexity index is 582. The van der Waals surface area contributed by atoms with Crippen molar-refractivity contribution in [2.24, 2.45) is 0 Å². The highest BCUT2D eigenvalue weighted by Crippen LogP contribution is 2.39. The van der Waals surface area contributed by atoms with Crippen LogP contribution in [0.3, 0.4) is 0 Å². The van der Waals surface area contributed by atoms with Crippen LogP contribution in [0.5, 0.6) is 0 Å². The lowest BCUT2D eigenvalue weighted by Crippen LogP contribution is -2.38. The number of benzene rings is 1. The molecule has 0 aliphatic carbocycles. The van der Waals surface area contributed by atoms with Gasteiger partial charge in [0.2, 0.25) is 11.7 Å². The molecule has 1 aliphatic heterocycles. The Balaban J connectivity index is 2.61. The molecule has 1 aliphatic rings. The number of carbonyl (C=O) groups is 1. The van der Waals surface area contributed by atoms with Crippen LogP contribution < -0.4 is 4.90 Å². The van der Waals surface area contributed by atoms with Crippen LogP contribution in [0.2, 0.25) is 0 Å². The van der Waals surface area contributed by atoms with E-state index in [1.165, 1.54) is 0 Å². The van der Waals surface area contributed by atoms with Crippen molar-refractivity contribution in [3.05, 3.63) is 32.5 Å². The van der Waals surface area contributed by atoms with Gasteiger partial charge < -0.3 is 0 Å². The number of halogens is 4. The highest BCUT2D eigenvalue weighted by molar-refractivity contribution is 9.10. The van der Waals surface area contributed by atoms with Crippen molar-refractivity contribution in [2.45, 2.75) is 25.3 Å². The molecule has 20 heavy (non-hydrogen) atoms. The second kappa shape index (κ2) is 5.39. The van der Waals surface area contributed by atoms with Gasteiger partial charge in [0, 0.05) is 10.9 Å². The first kappa shape index (κ1) is 14.8. The molecule has 1 heterocycles. The highest BCUT2D eigenvalue weighted by Gasteiger charge is 2.41. The molecule has 1 atom stereocenters. The van der Waals surface area contributed by atoms with E-state index in [0.717, 1.165) is 12.1 Å². The minimum Gasteiger partial charge on any atom is -0.297 e. The van der Waals surface area contributed by atoms with Crippen molar-refractivity contribution < 1.29 is 22.9 Å². The van der Waals surface area contributed by atoms with Gasteiger partial charge in [-0.2, -0.15) is 4.39 Å². The van der Waals surface area contributed by atoms with Gasteiger partial charge in [-0.25, -0.2) is 8.78 Å². The average molecular weight is 353 g/mol. The van der Waals surface area contributed by atoms with E-state index in [1.54, 1.807) is 0 Å². The Morgan fingerprint density at radius 3 is 2.65 bits per heavy atom. The summed E-state index contributed by atoms with van der Waals surface area (Å²) in [7, 11) is 0. The summed E-state index contributed by atoms with van der Waals surface area (Å²) in [4.78, 5) is 22.2. The maximum Gasteiger partial charge on any atom is 0.328 e. The summed E-state index contributed by atoms with van der Waals surface area (Å²) in [5.74, 6) is -1.87. The van der Waals surface area contributed by atoms with Gasteiger partial charge in [0.15, 0.2) is 0 Å². The number of hydrogen-bond donors (Lipinski definition) is 0. The second-order valence-corrected chi connectivity index (χ2v) is 5.13. The predicted molar refractivity (Wildman–Crippen MR) is 67.3 cm³/mol. The quantitative estimate of drug-likeness (QED) is 0.619. The second-order valence-electron chi connectivity index (χ2n) is 4.22. The maximum absolute atomic E-state index is 13.7. The Labute approximate surface area is 119 Å². The van der Waals surface area contributed by atoms with Crippen molar-refractivity contribution in [1.29, 1.82) is 0 Å². The highest BCUT2D eigenvalue weighted by atomic mass is 79.9. The van der Waals surface area contributed by atoms with Crippen LogP contribution >= 0.6 is 15.9 Å². The van der Waals surface area contributed by atoms with E-state index in [2.05, 4.69) is 15.9 Å². The molecule has 0 N–H and O–H groups in total. The van der Waals surface area contributed by atoms with E-state index < -0.39 is 40.5 Å². The summed E-state index contributed by atoms with van der Waals surface area (Å²) in [6.07, 6.45) is -3.13. The van der Waals surface area contributed by atoms with Gasteiger partial charge in [-0.15, -0.1) is 0 Å². The van der Waals surface area contributed by atoms with Crippen molar-refractivity contribution >= 4 is 33.2 Å². The van der Waals surface area contributed by atoms with Gasteiger partial charge in [0.1, 0.15) is 5.69 Å². The SMILES string of the molecule is O=C1CCC(C(F)F)N1c1cc(Br)cc(F)c1[N+](=O)[O-]. The van der Waals surface area contributed by atoms with E-state index in [0.29, 0.717) is 4.90 Å². The predicted octanol–water partition coefficient (Wildman–Crippen LogP) is 3.26. The summed E-state index contributed by atoms with van der Waals surface area (Å²) in [5.41, 5.74) is -1.43. The zero-order valence-electron chi connectivity index (χ0n) is 9.85. The van der Waals surface area contributed by atoms with Gasteiger partial charge in [-0.1, -0.05) is 15.9 Å². The lowest BCUT2D eigenvalue weighted by molar-refractivity contribution is -0.386. The van der Waals surface area contributed by atoms with Crippen LogP contribution in [0.15, 0.2) is 16.6 Å². The van der Waals surface area contributed by atoms with Crippen molar-refractivity contribution in [1.82, 2.24) is 0 Å². The van der Waals surface area contributed by atoms with E-state index in [1.807, 2.05) is 0 Å². The number of nitrogens with zero attached hydrogens (tertiary/aromatic N) is 2. The van der Waals surface area contributed by atoms with E-state index in [-0.39, 0.29) is 17.3 Å². The number of anilines is 1. The first-order valence-electron chi connectivity index (χ1n) is 5.56. The van der Waals surface area contributed by atoms with Gasteiger partial charge in [0.05, 0.1) is 11.0 Å². The molecule has 9 heteroatoms. The third kappa shape index (κ3) is 2.49. The molecular formula is C11H8BrF3N2O3. The van der Waals surface area contributed by atoms with Crippen LogP contribution in [0.1, 0.15) is 12.8 Å². The molecule has 1 fully saturated rings. The van der Waals surface area contributed by atoms with Crippen molar-refractivity contribution in [2.75, 3.05) is 4.90 Å². The van der Waals surface area contributed by atoms with Crippen molar-refractivity contribution in [3.8, 4) is 0 Å². The zero-order chi connectivity index (χ0) is 15.0. The van der Waals surface area contributed by atoms with Gasteiger partial charge in [0.25, 0.3) is 6.43 Å². The third-order valence-electron chi connectivity index (χ3n) is 3.00. The Hall–Kier alpha value is -1.64. The van der Waals surface area contributed by atoms with Crippen LogP contribution in [0, 0.1) is 15.9 Å². The minimum atomic E-state index is -2.86. The van der Waals surface area contributed by atoms with Gasteiger partial charge in [-0.05, 0) is 18.6 Å². The largest absolute Gasteiger partial charge is 0.328 e. The van der Waals surface area contributed by atoms with Gasteiger partial charge >= 0.3 is 5.69 Å². The Morgan fingerprint density at radius 2 is 2.10 bits per heavy atom. The van der Waals surface area contributed by atoms with Crippen LogP contribution in [0.25, 0.3) is 0 Å². The lowest BCUT2D eigenvalue weighted by atomic mass is 10.2. The smallest absolute Gasteiger partial charge is 0.297 e. The normalized spacial score (nSPS) is 18.9. The third-order valence-corrected chi connectivity index (χ3v) is 3.45. The fourth-order valence-corrected chi connectivity index (χ4v) is 2.59. The molecule has 0 bridgehead atoms. The first-order chi connectivity index (χ1) is 9.32. The first-order valence-corrected chi connectivity index (χ1v) is 6.36. The van der Waals surface area contributed by atoms with Crippen LogP contribution in [0.4, 0.5) is 24.5 Å². The summed E-state index contributed by atoms with van der Waals surface area (Å²) < 4.78 is 39.6. The molecule has 5 nitrogen and oxygen atoms in total. The maximum atomic E-state index is 13.7. The monoisotopic (exact) mass is 352 g/mol. The molecular weight excluding hydrogens is 345 g/mol. The molecule has 1 saturated heterocycles. The number of hydrogen-bond acceptors (Lipinski definition) is 3. The summed E-state index contributed by atoms with van der Waals surface area (Å²) in [6, 6.07) is 0.467. The number of carbonyl (C=O) groups excluding carboxylic acids is 1. The molecule has 108 valence electrons. The molecule has 1 aromatic rings. The van der Waals surface area contributed by atoms with E-state index >= 15 is 0 Å². The molecule has 0 radical (unpaired) electrons. The average Bonchev–Trinajstić information content (AvgIpc) is 2.69. The van der Waals surface area contributed by atoms with E-state index in [9.17, 15) is 28.1 Å². The molecule has 1 aromatic carbocycles. The lowest BCUT2D eigenvalue weighted by Gasteiger charge is -2.24. The van der Waals surface area contributed by atoms with E-state index in [4.69, 9.17) is 0 Å². The van der Waals surface area contributed by atoms with Gasteiger partial charge in [-0.3, -0.25) is 19.8 Å². The number of rotatable bonds is 3. The fraction of sp³-hybridized carbons (Fsp3) is 0.364. The number of nitro groups is 1. The summed E-state index contributed by atoms with van der Waals surface area (Å²) in [5, 5.41) is 10.9. The number of nitro benzene ring substituents is 1. The molecule has 0 saturated carbocycles. The topological polar surface area (TPSA) is 63.5 Å². The fourth-order valence-electron chi connectivity index (χ4n) is 2.17. The Kier molecular flexibility index (Phi) is 3.98. The zero-order valence-corrected chi connectivity index (χ0v) is 11.4.